The maximum Gasteiger partial charge on any atom is 0.154 e. The zero-order valence-corrected chi connectivity index (χ0v) is 17.0. The second-order valence-electron chi connectivity index (χ2n) is 8.29. The highest BCUT2D eigenvalue weighted by atomic mass is 16.5. The molecule has 3 aromatic heterocycles. The van der Waals surface area contributed by atoms with Crippen molar-refractivity contribution < 1.29 is 10.2 Å². The van der Waals surface area contributed by atoms with E-state index in [1.165, 1.54) is 0 Å². The first-order valence-corrected chi connectivity index (χ1v) is 10.7. The van der Waals surface area contributed by atoms with Crippen LogP contribution in [0, 0.1) is 5.92 Å². The van der Waals surface area contributed by atoms with Gasteiger partial charge >= 0.3 is 0 Å². The number of hydrogen-bond acceptors (Lipinski definition) is 5. The lowest BCUT2D eigenvalue weighted by Crippen LogP contribution is -2.25. The predicted octanol–water partition coefficient (Wildman–Crippen LogP) is 3.61. The Hall–Kier alpha value is -2.90. The minimum Gasteiger partial charge on any atom is -0.382 e. The first-order valence-electron chi connectivity index (χ1n) is 10.7. The summed E-state index contributed by atoms with van der Waals surface area (Å²) in [6, 6.07) is 10.3. The quantitative estimate of drug-likeness (QED) is 0.388. The van der Waals surface area contributed by atoms with Crippen LogP contribution in [-0.2, 0) is 6.42 Å². The molecular weight excluding hydrogens is 378 g/mol. The molecule has 7 nitrogen and oxygen atoms in total. The molecule has 5 rings (SSSR count). The van der Waals surface area contributed by atoms with Gasteiger partial charge in [-0.2, -0.15) is 0 Å². The lowest BCUT2D eigenvalue weighted by Gasteiger charge is -2.29. The minimum absolute atomic E-state index is 0.0574. The predicted molar refractivity (Wildman–Crippen MR) is 117 cm³/mol. The minimum atomic E-state index is -1.24. The second-order valence-corrected chi connectivity index (χ2v) is 8.29. The summed E-state index contributed by atoms with van der Waals surface area (Å²) >= 11 is 0. The molecule has 4 aromatic rings. The molecule has 3 heterocycles. The van der Waals surface area contributed by atoms with E-state index in [0.29, 0.717) is 5.82 Å². The number of benzene rings is 1. The normalized spacial score (nSPS) is 19.9. The molecule has 0 bridgehead atoms. The number of hydrogen-bond donors (Lipinski definition) is 4. The van der Waals surface area contributed by atoms with Crippen LogP contribution in [0.15, 0.2) is 36.5 Å². The van der Waals surface area contributed by atoms with E-state index in [1.807, 2.05) is 18.3 Å². The van der Waals surface area contributed by atoms with Crippen molar-refractivity contribution >= 4 is 22.2 Å². The van der Waals surface area contributed by atoms with Crippen molar-refractivity contribution in [2.45, 2.75) is 51.2 Å². The van der Waals surface area contributed by atoms with Crippen LogP contribution in [0.2, 0.25) is 0 Å². The van der Waals surface area contributed by atoms with Gasteiger partial charge < -0.3 is 20.9 Å². The number of aromatic amines is 1. The highest BCUT2D eigenvalue weighted by molar-refractivity contribution is 5.91. The van der Waals surface area contributed by atoms with Gasteiger partial charge in [0.1, 0.15) is 22.9 Å². The molecule has 30 heavy (non-hydrogen) atoms. The molecule has 1 aliphatic carbocycles. The van der Waals surface area contributed by atoms with Gasteiger partial charge in [-0.25, -0.2) is 9.97 Å². The van der Waals surface area contributed by atoms with E-state index in [0.717, 1.165) is 71.4 Å². The van der Waals surface area contributed by atoms with Gasteiger partial charge in [0.05, 0.1) is 5.69 Å². The highest BCUT2D eigenvalue weighted by Crippen LogP contribution is 2.40. The van der Waals surface area contributed by atoms with E-state index in [1.54, 1.807) is 0 Å². The maximum atomic E-state index is 9.55. The van der Waals surface area contributed by atoms with E-state index < -0.39 is 6.29 Å². The first-order chi connectivity index (χ1) is 14.6. The Morgan fingerprint density at radius 1 is 1.20 bits per heavy atom. The van der Waals surface area contributed by atoms with Gasteiger partial charge in [-0.1, -0.05) is 25.1 Å². The molecule has 0 spiro atoms. The Balaban J connectivity index is 1.67. The largest absolute Gasteiger partial charge is 0.382 e. The number of anilines is 1. The fourth-order valence-corrected chi connectivity index (χ4v) is 4.82. The fourth-order valence-electron chi connectivity index (χ4n) is 4.82. The van der Waals surface area contributed by atoms with Crippen LogP contribution in [0.5, 0.6) is 0 Å². The Bertz CT molecular complexity index is 1170. The van der Waals surface area contributed by atoms with Gasteiger partial charge in [0.15, 0.2) is 6.29 Å². The number of aliphatic hydroxyl groups is 2. The molecule has 0 amide bonds. The average Bonchev–Trinajstić information content (AvgIpc) is 3.36. The molecular formula is C23H27N5O2. The van der Waals surface area contributed by atoms with Crippen LogP contribution in [-0.4, -0.2) is 35.9 Å². The lowest BCUT2D eigenvalue weighted by atomic mass is 9.81. The zero-order valence-electron chi connectivity index (χ0n) is 17.0. The Morgan fingerprint density at radius 3 is 2.67 bits per heavy atom. The van der Waals surface area contributed by atoms with Crippen molar-refractivity contribution in [1.82, 2.24) is 19.4 Å². The van der Waals surface area contributed by atoms with E-state index in [2.05, 4.69) is 39.5 Å². The Morgan fingerprint density at radius 2 is 1.97 bits per heavy atom. The number of aromatic nitrogens is 4. The SMILES string of the molecule is CCc1cnc(N)c2c(-c3cc4ccccc4[nH]3)nc(C3CCC(C(O)O)CC3)n12. The number of nitrogens with one attached hydrogen (secondary N) is 1. The van der Waals surface area contributed by atoms with Crippen molar-refractivity contribution in [2.24, 2.45) is 5.92 Å². The van der Waals surface area contributed by atoms with Crippen molar-refractivity contribution in [2.75, 3.05) is 5.73 Å². The van der Waals surface area contributed by atoms with Gasteiger partial charge in [0, 0.05) is 34.6 Å². The van der Waals surface area contributed by atoms with E-state index in [4.69, 9.17) is 10.7 Å². The summed E-state index contributed by atoms with van der Waals surface area (Å²) in [6.45, 7) is 2.11. The molecule has 0 aliphatic heterocycles. The van der Waals surface area contributed by atoms with Crippen molar-refractivity contribution in [3.63, 3.8) is 0 Å². The molecule has 1 aliphatic rings. The lowest BCUT2D eigenvalue weighted by molar-refractivity contribution is -0.0939. The first kappa shape index (κ1) is 19.1. The van der Waals surface area contributed by atoms with Gasteiger partial charge in [-0.3, -0.25) is 4.40 Å². The van der Waals surface area contributed by atoms with Crippen LogP contribution in [0.1, 0.15) is 50.0 Å². The average molecular weight is 406 g/mol. The van der Waals surface area contributed by atoms with Crippen molar-refractivity contribution in [1.29, 1.82) is 0 Å². The van der Waals surface area contributed by atoms with Crippen LogP contribution in [0.4, 0.5) is 5.82 Å². The van der Waals surface area contributed by atoms with Crippen molar-refractivity contribution in [3.8, 4) is 11.4 Å². The number of imidazole rings is 1. The molecule has 1 saturated carbocycles. The number of fused-ring (bicyclic) bond motifs is 2. The zero-order chi connectivity index (χ0) is 20.8. The molecule has 0 saturated heterocycles. The van der Waals surface area contributed by atoms with Gasteiger partial charge in [0.25, 0.3) is 0 Å². The molecule has 1 aromatic carbocycles. The molecule has 5 N–H and O–H groups in total. The number of H-pyrrole nitrogens is 1. The number of aryl methyl sites for hydroxylation is 1. The molecule has 7 heteroatoms. The van der Waals surface area contributed by atoms with Crippen molar-refractivity contribution in [3.05, 3.63) is 48.0 Å². The van der Waals surface area contributed by atoms with Crippen LogP contribution >= 0.6 is 0 Å². The van der Waals surface area contributed by atoms with Crippen LogP contribution < -0.4 is 5.73 Å². The summed E-state index contributed by atoms with van der Waals surface area (Å²) in [5.74, 6) is 1.66. The van der Waals surface area contributed by atoms with E-state index >= 15 is 0 Å². The monoisotopic (exact) mass is 405 g/mol. The fraction of sp³-hybridized carbons (Fsp3) is 0.391. The summed E-state index contributed by atoms with van der Waals surface area (Å²) in [4.78, 5) is 13.0. The highest BCUT2D eigenvalue weighted by Gasteiger charge is 2.30. The number of rotatable bonds is 4. The topological polar surface area (TPSA) is 112 Å². The molecule has 0 atom stereocenters. The smallest absolute Gasteiger partial charge is 0.154 e. The summed E-state index contributed by atoms with van der Waals surface area (Å²) in [5.41, 5.74) is 11.1. The standard InChI is InChI=1S/C23H27N5O2/c1-2-16-12-25-21(24)20-19(18-11-15-5-3-4-6-17(15)26-18)27-22(28(16)20)13-7-9-14(10-8-13)23(29)30/h3-6,11-14,23,26,29-30H,2,7-10H2,1H3,(H2,24,25). The third-order valence-corrected chi connectivity index (χ3v) is 6.49. The van der Waals surface area contributed by atoms with Crippen LogP contribution in [0.25, 0.3) is 27.8 Å². The molecule has 0 unspecified atom stereocenters. The molecule has 156 valence electrons. The number of nitrogens with zero attached hydrogens (tertiary/aromatic N) is 3. The maximum absolute atomic E-state index is 9.55. The third-order valence-electron chi connectivity index (χ3n) is 6.49. The molecule has 1 fully saturated rings. The van der Waals surface area contributed by atoms with Gasteiger partial charge in [-0.05, 0) is 44.2 Å². The van der Waals surface area contributed by atoms with E-state index in [9.17, 15) is 10.2 Å². The number of aliphatic hydroxyl groups excluding tert-OH is 1. The third kappa shape index (κ3) is 3.05. The number of para-hydroxylation sites is 1. The number of nitrogen functional groups attached to an aromatic ring is 1. The second kappa shape index (κ2) is 7.41. The summed E-state index contributed by atoms with van der Waals surface area (Å²) in [5, 5.41) is 20.2. The Kier molecular flexibility index (Phi) is 4.72. The number of nitrogens with two attached hydrogens (primary N) is 1. The van der Waals surface area contributed by atoms with Crippen LogP contribution in [0.3, 0.4) is 0 Å². The Labute approximate surface area is 174 Å². The summed E-state index contributed by atoms with van der Waals surface area (Å²) in [7, 11) is 0. The van der Waals surface area contributed by atoms with Gasteiger partial charge in [0.2, 0.25) is 0 Å². The summed E-state index contributed by atoms with van der Waals surface area (Å²) < 4.78 is 2.18. The summed E-state index contributed by atoms with van der Waals surface area (Å²) in [6.07, 6.45) is 4.73. The van der Waals surface area contributed by atoms with E-state index in [-0.39, 0.29) is 11.8 Å². The molecule has 0 radical (unpaired) electrons. The van der Waals surface area contributed by atoms with Gasteiger partial charge in [-0.15, -0.1) is 0 Å².